The Hall–Kier alpha value is -3.73. The molecule has 8 nitrogen and oxygen atoms in total. The summed E-state index contributed by atoms with van der Waals surface area (Å²) in [5, 5.41) is 10.6. The zero-order valence-electron chi connectivity index (χ0n) is 18.3. The Labute approximate surface area is 198 Å². The van der Waals surface area contributed by atoms with E-state index in [9.17, 15) is 18.0 Å². The third-order valence-electron chi connectivity index (χ3n) is 4.44. The normalized spacial score (nSPS) is 11.0. The quantitative estimate of drug-likeness (QED) is 0.311. The van der Waals surface area contributed by atoms with E-state index < -0.39 is 22.8 Å². The average molecular weight is 495 g/mol. The van der Waals surface area contributed by atoms with Gasteiger partial charge in [0.25, 0.3) is 0 Å². The van der Waals surface area contributed by atoms with Gasteiger partial charge in [0.15, 0.2) is 0 Å². The van der Waals surface area contributed by atoms with Gasteiger partial charge in [-0.05, 0) is 49.4 Å². The van der Waals surface area contributed by atoms with Crippen LogP contribution in [0.3, 0.4) is 0 Å². The highest BCUT2D eigenvalue weighted by atomic mass is 35.5. The van der Waals surface area contributed by atoms with Crippen molar-refractivity contribution in [2.75, 3.05) is 36.1 Å². The van der Waals surface area contributed by atoms with Gasteiger partial charge in [-0.1, -0.05) is 11.6 Å². The van der Waals surface area contributed by atoms with Crippen LogP contribution in [0.1, 0.15) is 11.3 Å². The first kappa shape index (κ1) is 24.9. The van der Waals surface area contributed by atoms with Crippen molar-refractivity contribution in [1.82, 2.24) is 15.3 Å². The summed E-state index contributed by atoms with van der Waals surface area (Å²) in [4.78, 5) is 20.7. The van der Waals surface area contributed by atoms with Gasteiger partial charge in [0.2, 0.25) is 5.95 Å². The average Bonchev–Trinajstić information content (AvgIpc) is 2.77. The topological polar surface area (TPSA) is 100 Å². The second-order valence-corrected chi connectivity index (χ2v) is 7.48. The Morgan fingerprint density at radius 2 is 1.74 bits per heavy atom. The molecule has 3 rings (SSSR count). The highest BCUT2D eigenvalue weighted by Gasteiger charge is 2.33. The van der Waals surface area contributed by atoms with E-state index in [1.165, 1.54) is 6.07 Å². The molecule has 0 spiro atoms. The van der Waals surface area contributed by atoms with Gasteiger partial charge >= 0.3 is 12.2 Å². The van der Waals surface area contributed by atoms with E-state index in [1.807, 2.05) is 31.2 Å². The van der Waals surface area contributed by atoms with Crippen molar-refractivity contribution in [3.05, 3.63) is 64.8 Å². The molecular weight excluding hydrogens is 473 g/mol. The zero-order valence-corrected chi connectivity index (χ0v) is 19.0. The van der Waals surface area contributed by atoms with Crippen LogP contribution < -0.4 is 26.0 Å². The van der Waals surface area contributed by atoms with Crippen LogP contribution in [-0.2, 0) is 6.18 Å². The predicted molar refractivity (Wildman–Crippen MR) is 125 cm³/mol. The third kappa shape index (κ3) is 7.14. The molecule has 0 aliphatic carbocycles. The molecule has 0 unspecified atom stereocenters. The van der Waals surface area contributed by atoms with Crippen LogP contribution >= 0.6 is 11.6 Å². The molecule has 0 radical (unpaired) electrons. The highest BCUT2D eigenvalue weighted by molar-refractivity contribution is 6.31. The lowest BCUT2D eigenvalue weighted by Gasteiger charge is -2.13. The van der Waals surface area contributed by atoms with Crippen molar-refractivity contribution < 1.29 is 22.7 Å². The molecule has 4 N–H and O–H groups in total. The van der Waals surface area contributed by atoms with Gasteiger partial charge in [-0.3, -0.25) is 0 Å². The molecule has 0 fully saturated rings. The monoisotopic (exact) mass is 494 g/mol. The Balaban J connectivity index is 1.50. The number of hydrogen-bond donors (Lipinski definition) is 4. The molecule has 2 amide bonds. The lowest BCUT2D eigenvalue weighted by molar-refractivity contribution is -0.137. The molecule has 0 aliphatic rings. The molecule has 3 aromatic rings. The standard InChI is InChI=1S/C22H22ClF3N6O2/c1-13-11-19(30-14-3-6-16(34-2)7-4-14)32-20(29-13)27-9-10-28-21(33)31-15-5-8-18(23)17(12-15)22(24,25)26/h3-8,11-12H,9-10H2,1-2H3,(H2,28,31,33)(H2,27,29,30,32). The number of carbonyl (C=O) groups is 1. The molecule has 0 bridgehead atoms. The van der Waals surface area contributed by atoms with Crippen LogP contribution in [0, 0.1) is 6.92 Å². The number of rotatable bonds is 8. The van der Waals surface area contributed by atoms with Gasteiger partial charge < -0.3 is 26.0 Å². The van der Waals surface area contributed by atoms with Crippen LogP contribution in [0.4, 0.5) is 41.1 Å². The number of nitrogens with zero attached hydrogens (tertiary/aromatic N) is 2. The van der Waals surface area contributed by atoms with E-state index in [0.29, 0.717) is 11.8 Å². The summed E-state index contributed by atoms with van der Waals surface area (Å²) in [5.74, 6) is 1.67. The number of hydrogen-bond acceptors (Lipinski definition) is 6. The van der Waals surface area contributed by atoms with Gasteiger partial charge in [0, 0.05) is 36.2 Å². The lowest BCUT2D eigenvalue weighted by atomic mass is 10.2. The fourth-order valence-electron chi connectivity index (χ4n) is 2.88. The first-order valence-corrected chi connectivity index (χ1v) is 10.4. The summed E-state index contributed by atoms with van der Waals surface area (Å²) in [6, 6.07) is 11.6. The largest absolute Gasteiger partial charge is 0.497 e. The second-order valence-electron chi connectivity index (χ2n) is 7.07. The number of alkyl halides is 3. The Morgan fingerprint density at radius 3 is 2.41 bits per heavy atom. The van der Waals surface area contributed by atoms with E-state index in [1.54, 1.807) is 13.2 Å². The first-order chi connectivity index (χ1) is 16.1. The zero-order chi connectivity index (χ0) is 24.7. The maximum atomic E-state index is 12.9. The van der Waals surface area contributed by atoms with Gasteiger partial charge in [-0.2, -0.15) is 18.2 Å². The summed E-state index contributed by atoms with van der Waals surface area (Å²) in [6.07, 6.45) is -4.62. The number of methoxy groups -OCH3 is 1. The number of urea groups is 1. The smallest absolute Gasteiger partial charge is 0.417 e. The van der Waals surface area contributed by atoms with E-state index in [4.69, 9.17) is 16.3 Å². The van der Waals surface area contributed by atoms with Gasteiger partial charge in [-0.15, -0.1) is 0 Å². The minimum atomic E-state index is -4.62. The van der Waals surface area contributed by atoms with Gasteiger partial charge in [0.1, 0.15) is 11.6 Å². The SMILES string of the molecule is COc1ccc(Nc2cc(C)nc(NCCNC(=O)Nc3ccc(Cl)c(C(F)(F)F)c3)n2)cc1. The van der Waals surface area contributed by atoms with Gasteiger partial charge in [-0.25, -0.2) is 9.78 Å². The summed E-state index contributed by atoms with van der Waals surface area (Å²) in [6.45, 7) is 2.27. The van der Waals surface area contributed by atoms with Crippen molar-refractivity contribution in [1.29, 1.82) is 0 Å². The van der Waals surface area contributed by atoms with Crippen molar-refractivity contribution in [2.24, 2.45) is 0 Å². The Kier molecular flexibility index (Phi) is 8.00. The molecule has 34 heavy (non-hydrogen) atoms. The number of nitrogens with one attached hydrogen (secondary N) is 4. The molecule has 0 saturated carbocycles. The van der Waals surface area contributed by atoms with E-state index in [0.717, 1.165) is 29.3 Å². The number of ether oxygens (including phenoxy) is 1. The molecular formula is C22H22ClF3N6O2. The number of aryl methyl sites for hydroxylation is 1. The van der Waals surface area contributed by atoms with Crippen LogP contribution in [0.5, 0.6) is 5.75 Å². The van der Waals surface area contributed by atoms with Crippen LogP contribution in [0.15, 0.2) is 48.5 Å². The fraction of sp³-hybridized carbons (Fsp3) is 0.227. The molecule has 0 saturated heterocycles. The molecule has 1 aromatic heterocycles. The van der Waals surface area contributed by atoms with Crippen molar-refractivity contribution >= 4 is 40.8 Å². The number of carbonyl (C=O) groups excluding carboxylic acids is 1. The highest BCUT2D eigenvalue weighted by Crippen LogP contribution is 2.36. The number of amides is 2. The number of anilines is 4. The number of benzene rings is 2. The minimum absolute atomic E-state index is 0.0292. The second kappa shape index (κ2) is 10.9. The predicted octanol–water partition coefficient (Wildman–Crippen LogP) is 5.44. The number of aromatic nitrogens is 2. The molecule has 0 aliphatic heterocycles. The molecule has 2 aromatic carbocycles. The number of halogens is 4. The van der Waals surface area contributed by atoms with E-state index in [-0.39, 0.29) is 18.8 Å². The molecule has 12 heteroatoms. The summed E-state index contributed by atoms with van der Waals surface area (Å²) in [5.41, 5.74) is 0.490. The molecule has 1 heterocycles. The van der Waals surface area contributed by atoms with E-state index in [2.05, 4.69) is 31.2 Å². The van der Waals surface area contributed by atoms with Gasteiger partial charge in [0.05, 0.1) is 17.7 Å². The van der Waals surface area contributed by atoms with E-state index >= 15 is 0 Å². The summed E-state index contributed by atoms with van der Waals surface area (Å²) in [7, 11) is 1.59. The molecule has 0 atom stereocenters. The maximum Gasteiger partial charge on any atom is 0.417 e. The Bertz CT molecular complexity index is 1140. The Morgan fingerprint density at radius 1 is 1.03 bits per heavy atom. The van der Waals surface area contributed by atoms with Crippen LogP contribution in [-0.4, -0.2) is 36.2 Å². The summed E-state index contributed by atoms with van der Waals surface area (Å²) < 4.78 is 44.0. The molecule has 180 valence electrons. The fourth-order valence-corrected chi connectivity index (χ4v) is 3.10. The maximum absolute atomic E-state index is 12.9. The lowest BCUT2D eigenvalue weighted by Crippen LogP contribution is -2.33. The van der Waals surface area contributed by atoms with Crippen molar-refractivity contribution in [2.45, 2.75) is 13.1 Å². The minimum Gasteiger partial charge on any atom is -0.497 e. The first-order valence-electron chi connectivity index (χ1n) is 10.1. The van der Waals surface area contributed by atoms with Crippen LogP contribution in [0.25, 0.3) is 0 Å². The van der Waals surface area contributed by atoms with Crippen molar-refractivity contribution in [3.8, 4) is 5.75 Å². The van der Waals surface area contributed by atoms with Crippen LogP contribution in [0.2, 0.25) is 5.02 Å². The van der Waals surface area contributed by atoms with Crippen molar-refractivity contribution in [3.63, 3.8) is 0 Å². The third-order valence-corrected chi connectivity index (χ3v) is 4.77. The summed E-state index contributed by atoms with van der Waals surface area (Å²) >= 11 is 5.58.